The first kappa shape index (κ1) is 13.2. The van der Waals surface area contributed by atoms with Gasteiger partial charge in [-0.1, -0.05) is 34.1 Å². The summed E-state index contributed by atoms with van der Waals surface area (Å²) in [5.74, 6) is 0. The first-order chi connectivity index (χ1) is 8.66. The van der Waals surface area contributed by atoms with E-state index < -0.39 is 0 Å². The number of benzene rings is 1. The highest BCUT2D eigenvalue weighted by atomic mass is 79.9. The van der Waals surface area contributed by atoms with Crippen molar-refractivity contribution in [3.8, 4) is 10.4 Å². The van der Waals surface area contributed by atoms with Gasteiger partial charge in [0.25, 0.3) is 0 Å². The zero-order valence-electron chi connectivity index (χ0n) is 9.26. The van der Waals surface area contributed by atoms with Gasteiger partial charge in [-0.3, -0.25) is 5.43 Å². The number of rotatable bonds is 3. The third kappa shape index (κ3) is 3.38. The van der Waals surface area contributed by atoms with E-state index in [-0.39, 0.29) is 5.11 Å². The molecule has 0 saturated heterocycles. The van der Waals surface area contributed by atoms with Gasteiger partial charge in [-0.2, -0.15) is 5.10 Å². The fraction of sp³-hybridized carbons (Fsp3) is 0. The Kier molecular flexibility index (Phi) is 4.46. The van der Waals surface area contributed by atoms with Crippen LogP contribution < -0.4 is 11.2 Å². The molecule has 3 nitrogen and oxygen atoms in total. The second kappa shape index (κ2) is 6.08. The summed E-state index contributed by atoms with van der Waals surface area (Å²) in [6, 6.07) is 12.2. The van der Waals surface area contributed by atoms with Crippen molar-refractivity contribution in [1.29, 1.82) is 0 Å². The molecule has 0 aliphatic rings. The van der Waals surface area contributed by atoms with Crippen LogP contribution in [-0.2, 0) is 0 Å². The molecule has 0 spiro atoms. The number of nitrogens with one attached hydrogen (secondary N) is 1. The molecule has 92 valence electrons. The molecule has 0 unspecified atom stereocenters. The first-order valence-corrected chi connectivity index (χ1v) is 7.12. The molecule has 0 fully saturated rings. The van der Waals surface area contributed by atoms with Gasteiger partial charge in [0, 0.05) is 19.8 Å². The van der Waals surface area contributed by atoms with E-state index in [2.05, 4.69) is 50.8 Å². The number of thiocarbonyl (C=S) groups is 1. The van der Waals surface area contributed by atoms with E-state index in [4.69, 9.17) is 5.73 Å². The van der Waals surface area contributed by atoms with Crippen LogP contribution in [0, 0.1) is 0 Å². The number of hydrogen-bond acceptors (Lipinski definition) is 3. The van der Waals surface area contributed by atoms with Crippen molar-refractivity contribution >= 4 is 50.8 Å². The molecule has 6 heteroatoms. The number of hydrogen-bond donors (Lipinski definition) is 2. The summed E-state index contributed by atoms with van der Waals surface area (Å²) in [7, 11) is 0. The molecule has 0 radical (unpaired) electrons. The van der Waals surface area contributed by atoms with E-state index >= 15 is 0 Å². The topological polar surface area (TPSA) is 50.4 Å². The second-order valence-corrected chi connectivity index (χ2v) is 5.83. The fourth-order valence-corrected chi connectivity index (χ4v) is 2.99. The van der Waals surface area contributed by atoms with Crippen molar-refractivity contribution in [2.75, 3.05) is 0 Å². The summed E-state index contributed by atoms with van der Waals surface area (Å²) in [5.41, 5.74) is 8.98. The zero-order valence-corrected chi connectivity index (χ0v) is 12.5. The van der Waals surface area contributed by atoms with Gasteiger partial charge < -0.3 is 5.73 Å². The molecule has 18 heavy (non-hydrogen) atoms. The average molecular weight is 340 g/mol. The number of hydrazone groups is 1. The average Bonchev–Trinajstić information content (AvgIpc) is 2.78. The van der Waals surface area contributed by atoms with Crippen molar-refractivity contribution in [3.05, 3.63) is 45.7 Å². The lowest BCUT2D eigenvalue weighted by molar-refractivity contribution is 1.04. The maximum atomic E-state index is 5.28. The molecule has 0 saturated carbocycles. The van der Waals surface area contributed by atoms with Crippen LogP contribution in [0.2, 0.25) is 0 Å². The largest absolute Gasteiger partial charge is 0.375 e. The number of nitrogens with zero attached hydrogens (tertiary/aromatic N) is 1. The molecule has 1 aromatic heterocycles. The van der Waals surface area contributed by atoms with Crippen LogP contribution in [0.3, 0.4) is 0 Å². The van der Waals surface area contributed by atoms with E-state index in [1.807, 2.05) is 24.3 Å². The molecule has 0 aliphatic carbocycles. The van der Waals surface area contributed by atoms with Crippen molar-refractivity contribution in [2.45, 2.75) is 0 Å². The predicted molar refractivity (Wildman–Crippen MR) is 85.0 cm³/mol. The van der Waals surface area contributed by atoms with Gasteiger partial charge in [-0.05, 0) is 30.4 Å². The SMILES string of the molecule is NC(=S)NN=Cc1ccc(-c2ccccc2Br)s1. The number of halogens is 1. The summed E-state index contributed by atoms with van der Waals surface area (Å²) in [6.07, 6.45) is 1.70. The molecular weight excluding hydrogens is 330 g/mol. The molecule has 3 N–H and O–H groups in total. The molecule has 2 aromatic rings. The Bertz CT molecular complexity index is 593. The highest BCUT2D eigenvalue weighted by molar-refractivity contribution is 9.10. The van der Waals surface area contributed by atoms with E-state index in [1.165, 1.54) is 10.4 Å². The van der Waals surface area contributed by atoms with Crippen molar-refractivity contribution < 1.29 is 0 Å². The van der Waals surface area contributed by atoms with Gasteiger partial charge >= 0.3 is 0 Å². The summed E-state index contributed by atoms with van der Waals surface area (Å²) >= 11 is 9.85. The summed E-state index contributed by atoms with van der Waals surface area (Å²) in [6.45, 7) is 0. The van der Waals surface area contributed by atoms with Gasteiger partial charge in [0.15, 0.2) is 5.11 Å². The maximum absolute atomic E-state index is 5.28. The van der Waals surface area contributed by atoms with Crippen molar-refractivity contribution in [2.24, 2.45) is 10.8 Å². The molecule has 1 aromatic carbocycles. The molecule has 0 bridgehead atoms. The lowest BCUT2D eigenvalue weighted by atomic mass is 10.2. The molecule has 0 amide bonds. The van der Waals surface area contributed by atoms with Gasteiger partial charge in [0.2, 0.25) is 0 Å². The van der Waals surface area contributed by atoms with Crippen LogP contribution >= 0.6 is 39.5 Å². The van der Waals surface area contributed by atoms with E-state index in [0.29, 0.717) is 0 Å². The van der Waals surface area contributed by atoms with Crippen LogP contribution in [0.4, 0.5) is 0 Å². The highest BCUT2D eigenvalue weighted by Gasteiger charge is 2.04. The first-order valence-electron chi connectivity index (χ1n) is 5.10. The van der Waals surface area contributed by atoms with Crippen LogP contribution in [-0.4, -0.2) is 11.3 Å². The summed E-state index contributed by atoms with van der Waals surface area (Å²) in [5, 5.41) is 4.09. The predicted octanol–water partition coefficient (Wildman–Crippen LogP) is 3.34. The second-order valence-electron chi connectivity index (χ2n) is 3.42. The minimum Gasteiger partial charge on any atom is -0.375 e. The van der Waals surface area contributed by atoms with Gasteiger partial charge in [-0.15, -0.1) is 11.3 Å². The van der Waals surface area contributed by atoms with Crippen molar-refractivity contribution in [1.82, 2.24) is 5.43 Å². The monoisotopic (exact) mass is 339 g/mol. The fourth-order valence-electron chi connectivity index (χ4n) is 1.39. The third-order valence-electron chi connectivity index (χ3n) is 2.13. The van der Waals surface area contributed by atoms with Crippen molar-refractivity contribution in [3.63, 3.8) is 0 Å². The molecule has 0 aliphatic heterocycles. The molecular formula is C12H10BrN3S2. The minimum atomic E-state index is 0.161. The smallest absolute Gasteiger partial charge is 0.184 e. The lowest BCUT2D eigenvalue weighted by Crippen LogP contribution is -2.23. The number of thiophene rings is 1. The van der Waals surface area contributed by atoms with Crippen LogP contribution in [0.1, 0.15) is 4.88 Å². The molecule has 1 heterocycles. The normalized spacial score (nSPS) is 10.7. The summed E-state index contributed by atoms with van der Waals surface area (Å²) in [4.78, 5) is 2.21. The van der Waals surface area contributed by atoms with Gasteiger partial charge in [-0.25, -0.2) is 0 Å². The minimum absolute atomic E-state index is 0.161. The summed E-state index contributed by atoms with van der Waals surface area (Å²) < 4.78 is 1.08. The Balaban J connectivity index is 2.18. The quantitative estimate of drug-likeness (QED) is 0.512. The zero-order chi connectivity index (χ0) is 13.0. The maximum Gasteiger partial charge on any atom is 0.184 e. The standard InChI is InChI=1S/C12H10BrN3S2/c13-10-4-2-1-3-9(10)11-6-5-8(18-11)7-15-16-12(14)17/h1-7H,(H3,14,16,17). The Morgan fingerprint density at radius 3 is 2.83 bits per heavy atom. The Hall–Kier alpha value is -1.24. The Labute approximate surface area is 123 Å². The number of nitrogens with two attached hydrogens (primary N) is 1. The molecule has 0 atom stereocenters. The van der Waals surface area contributed by atoms with Gasteiger partial charge in [0.05, 0.1) is 6.21 Å². The van der Waals surface area contributed by atoms with Crippen LogP contribution in [0.5, 0.6) is 0 Å². The van der Waals surface area contributed by atoms with Crippen LogP contribution in [0.25, 0.3) is 10.4 Å². The van der Waals surface area contributed by atoms with Crippen LogP contribution in [0.15, 0.2) is 46.0 Å². The Morgan fingerprint density at radius 2 is 2.11 bits per heavy atom. The van der Waals surface area contributed by atoms with E-state index in [9.17, 15) is 0 Å². The van der Waals surface area contributed by atoms with E-state index in [1.54, 1.807) is 17.6 Å². The third-order valence-corrected chi connectivity index (χ3v) is 3.97. The van der Waals surface area contributed by atoms with Gasteiger partial charge in [0.1, 0.15) is 0 Å². The van der Waals surface area contributed by atoms with E-state index in [0.717, 1.165) is 9.35 Å². The molecule has 2 rings (SSSR count). The lowest BCUT2D eigenvalue weighted by Gasteiger charge is -1.99. The highest BCUT2D eigenvalue weighted by Crippen LogP contribution is 2.32. The Morgan fingerprint density at radius 1 is 1.33 bits per heavy atom.